The summed E-state index contributed by atoms with van der Waals surface area (Å²) in [4.78, 5) is 5.68. The topological polar surface area (TPSA) is 60.0 Å². The number of allylic oxidation sites excluding steroid dienone is 18. The average molecular weight is 574 g/mol. The van der Waals surface area contributed by atoms with Crippen molar-refractivity contribution < 1.29 is 4.84 Å². The predicted molar refractivity (Wildman–Crippen MR) is 175 cm³/mol. The highest BCUT2D eigenvalue weighted by atomic mass is 16.7. The van der Waals surface area contributed by atoms with Crippen LogP contribution in [0.25, 0.3) is 0 Å². The van der Waals surface area contributed by atoms with E-state index >= 15 is 0 Å². The first-order chi connectivity index (χ1) is 21.2. The summed E-state index contributed by atoms with van der Waals surface area (Å²) in [5.74, 6) is -0.113. The minimum absolute atomic E-state index is 0.113. The van der Waals surface area contributed by atoms with E-state index in [0.29, 0.717) is 5.56 Å². The highest BCUT2D eigenvalue weighted by Crippen LogP contribution is 2.68. The van der Waals surface area contributed by atoms with Crippen LogP contribution in [0.15, 0.2) is 154 Å². The van der Waals surface area contributed by atoms with Gasteiger partial charge in [0.1, 0.15) is 5.54 Å². The number of rotatable bonds is 4. The molecule has 44 heavy (non-hydrogen) atoms. The van der Waals surface area contributed by atoms with Gasteiger partial charge in [0.2, 0.25) is 0 Å². The lowest BCUT2D eigenvalue weighted by molar-refractivity contribution is -0.139. The van der Waals surface area contributed by atoms with Crippen molar-refractivity contribution in [3.63, 3.8) is 0 Å². The summed E-state index contributed by atoms with van der Waals surface area (Å²) in [6.45, 7) is 9.20. The quantitative estimate of drug-likeness (QED) is 0.340. The van der Waals surface area contributed by atoms with Crippen LogP contribution in [0.4, 0.5) is 0 Å². The van der Waals surface area contributed by atoms with Gasteiger partial charge in [-0.25, -0.2) is 0 Å². The average Bonchev–Trinajstić information content (AvgIpc) is 3.64. The van der Waals surface area contributed by atoms with E-state index in [1.54, 1.807) is 7.11 Å². The molecule has 0 spiro atoms. The summed E-state index contributed by atoms with van der Waals surface area (Å²) >= 11 is 0. The highest BCUT2D eigenvalue weighted by molar-refractivity contribution is 5.73. The zero-order chi connectivity index (χ0) is 30.9. The molecule has 7 rings (SSSR count). The van der Waals surface area contributed by atoms with Crippen molar-refractivity contribution in [1.29, 1.82) is 10.5 Å². The van der Waals surface area contributed by atoms with Crippen LogP contribution in [-0.2, 0) is 4.84 Å². The van der Waals surface area contributed by atoms with Gasteiger partial charge in [0, 0.05) is 29.4 Å². The molecule has 0 saturated heterocycles. The van der Waals surface area contributed by atoms with E-state index in [1.807, 2.05) is 24.2 Å². The van der Waals surface area contributed by atoms with Gasteiger partial charge in [-0.2, -0.15) is 15.6 Å². The van der Waals surface area contributed by atoms with Crippen molar-refractivity contribution in [3.05, 3.63) is 165 Å². The van der Waals surface area contributed by atoms with Crippen LogP contribution in [0.1, 0.15) is 43.7 Å². The zero-order valence-electron chi connectivity index (χ0n) is 25.7. The standard InChI is InChI=1S/C40H35N3O/c1-6-40-20-17-34-36-31(13-14-32(38(34,40)3)22-33(40)25-42)21-30-12-7-27-16-19-39(23-27,43(4)44-5)18-15-26(2)35(30)37(36)29-10-8-28(24-41)9-11-29/h7-20,22-23,37H,2,6,21H2,1,3-5H3/b12-7-,18-15-. The molecule has 0 aliphatic heterocycles. The second-order valence-corrected chi connectivity index (χ2v) is 12.6. The Labute approximate surface area is 260 Å². The fourth-order valence-electron chi connectivity index (χ4n) is 8.35. The first-order valence-electron chi connectivity index (χ1n) is 15.2. The van der Waals surface area contributed by atoms with Crippen LogP contribution >= 0.6 is 0 Å². The van der Waals surface area contributed by atoms with Gasteiger partial charge in [-0.3, -0.25) is 0 Å². The molecule has 6 aliphatic rings. The van der Waals surface area contributed by atoms with Gasteiger partial charge in [0.05, 0.1) is 24.8 Å². The number of nitriles is 2. The Morgan fingerprint density at radius 3 is 2.45 bits per heavy atom. The van der Waals surface area contributed by atoms with Crippen LogP contribution < -0.4 is 0 Å². The van der Waals surface area contributed by atoms with Gasteiger partial charge in [0.15, 0.2) is 0 Å². The third-order valence-corrected chi connectivity index (χ3v) is 10.9. The van der Waals surface area contributed by atoms with Crippen LogP contribution in [0.2, 0.25) is 0 Å². The molecule has 0 aromatic heterocycles. The lowest BCUT2D eigenvalue weighted by Gasteiger charge is -2.42. The number of likely N-dealkylation sites (N-methyl/N-ethyl adjacent to an activating group) is 1. The van der Waals surface area contributed by atoms with Crippen molar-refractivity contribution in [3.8, 4) is 12.1 Å². The molecule has 0 amide bonds. The normalized spacial score (nSPS) is 32.5. The smallest absolute Gasteiger partial charge is 0.102 e. The third-order valence-electron chi connectivity index (χ3n) is 10.9. The zero-order valence-corrected chi connectivity index (χ0v) is 25.7. The molecule has 4 heteroatoms. The van der Waals surface area contributed by atoms with Gasteiger partial charge in [0.25, 0.3) is 0 Å². The van der Waals surface area contributed by atoms with E-state index < -0.39 is 5.54 Å². The van der Waals surface area contributed by atoms with Crippen molar-refractivity contribution in [2.75, 3.05) is 14.2 Å². The van der Waals surface area contributed by atoms with E-state index in [2.05, 4.69) is 118 Å². The molecule has 1 aromatic rings. The minimum Gasteiger partial charge on any atom is -0.301 e. The van der Waals surface area contributed by atoms with Crippen LogP contribution in [0.3, 0.4) is 0 Å². The Bertz CT molecular complexity index is 1920. The number of hydrogen-bond donors (Lipinski definition) is 0. The second kappa shape index (κ2) is 9.90. The summed E-state index contributed by atoms with van der Waals surface area (Å²) in [5, 5.41) is 21.7. The van der Waals surface area contributed by atoms with Crippen LogP contribution in [0, 0.1) is 33.5 Å². The second-order valence-electron chi connectivity index (χ2n) is 12.6. The maximum absolute atomic E-state index is 10.3. The molecule has 0 radical (unpaired) electrons. The molecule has 216 valence electrons. The molecule has 4 atom stereocenters. The van der Waals surface area contributed by atoms with E-state index in [9.17, 15) is 10.5 Å². The molecule has 2 bridgehead atoms. The number of fused-ring (bicyclic) bond motifs is 2. The first-order valence-corrected chi connectivity index (χ1v) is 15.2. The summed E-state index contributed by atoms with van der Waals surface area (Å²) < 4.78 is 0. The van der Waals surface area contributed by atoms with Crippen molar-refractivity contribution >= 4 is 0 Å². The fraction of sp³-hybridized carbons (Fsp3) is 0.250. The molecular weight excluding hydrogens is 538 g/mol. The maximum Gasteiger partial charge on any atom is 0.102 e. The van der Waals surface area contributed by atoms with Crippen LogP contribution in [-0.4, -0.2) is 24.8 Å². The molecular formula is C40H35N3O. The lowest BCUT2D eigenvalue weighted by Crippen LogP contribution is -2.39. The van der Waals surface area contributed by atoms with Gasteiger partial charge in [-0.05, 0) is 87.3 Å². The van der Waals surface area contributed by atoms with Crippen molar-refractivity contribution in [2.45, 2.75) is 38.1 Å². The molecule has 1 aromatic carbocycles. The summed E-state index contributed by atoms with van der Waals surface area (Å²) in [6, 6.07) is 12.9. The van der Waals surface area contributed by atoms with Gasteiger partial charge in [-0.1, -0.05) is 93.3 Å². The Hall–Kier alpha value is -4.74. The monoisotopic (exact) mass is 573 g/mol. The fourth-order valence-corrected chi connectivity index (χ4v) is 8.35. The van der Waals surface area contributed by atoms with Crippen LogP contribution in [0.5, 0.6) is 0 Å². The van der Waals surface area contributed by atoms with Gasteiger partial charge in [-0.15, -0.1) is 0 Å². The highest BCUT2D eigenvalue weighted by Gasteiger charge is 2.59. The Balaban J connectivity index is 1.50. The van der Waals surface area contributed by atoms with Crippen molar-refractivity contribution in [1.82, 2.24) is 5.06 Å². The number of hydrogen-bond acceptors (Lipinski definition) is 4. The molecule has 0 heterocycles. The van der Waals surface area contributed by atoms with E-state index in [0.717, 1.165) is 35.1 Å². The summed E-state index contributed by atoms with van der Waals surface area (Å²) in [7, 11) is 3.63. The third kappa shape index (κ3) is 3.62. The number of benzene rings is 1. The Kier molecular flexibility index (Phi) is 6.31. The lowest BCUT2D eigenvalue weighted by atomic mass is 9.59. The molecule has 4 nitrogen and oxygen atoms in total. The SMILES string of the molecule is C=C1/C=C\C2(N(C)OC)C=CC(=C2)/C=C\C2=C1C(c1ccc(C#N)cc1)C1=C3C=CC4(CC)C(C#N)=CC(=CC=C1C2)C34C. The molecule has 4 unspecified atom stereocenters. The van der Waals surface area contributed by atoms with Gasteiger partial charge < -0.3 is 4.84 Å². The van der Waals surface area contributed by atoms with Gasteiger partial charge >= 0.3 is 0 Å². The molecule has 0 N–H and O–H groups in total. The van der Waals surface area contributed by atoms with Crippen molar-refractivity contribution in [2.24, 2.45) is 10.8 Å². The first kappa shape index (κ1) is 28.1. The molecule has 0 fully saturated rings. The predicted octanol–water partition coefficient (Wildman–Crippen LogP) is 8.35. The summed E-state index contributed by atoms with van der Waals surface area (Å²) in [6.07, 6.45) is 28.1. The number of hydroxylamine groups is 2. The molecule has 0 saturated carbocycles. The molecule has 6 aliphatic carbocycles. The number of nitrogens with zero attached hydrogens (tertiary/aromatic N) is 3. The van der Waals surface area contributed by atoms with E-state index in [4.69, 9.17) is 4.84 Å². The minimum atomic E-state index is -0.520. The summed E-state index contributed by atoms with van der Waals surface area (Å²) in [5.41, 5.74) is 10.8. The largest absolute Gasteiger partial charge is 0.301 e. The Morgan fingerprint density at radius 1 is 0.977 bits per heavy atom. The maximum atomic E-state index is 10.3. The van der Waals surface area contributed by atoms with E-state index in [1.165, 1.54) is 33.4 Å². The Morgan fingerprint density at radius 2 is 1.75 bits per heavy atom. The van der Waals surface area contributed by atoms with E-state index in [-0.39, 0.29) is 16.7 Å².